The maximum atomic E-state index is 5.84. The van der Waals surface area contributed by atoms with E-state index in [1.165, 1.54) is 57.9 Å². The van der Waals surface area contributed by atoms with Gasteiger partial charge in [-0.1, -0.05) is 32.6 Å². The topological polar surface area (TPSA) is 97.2 Å². The van der Waals surface area contributed by atoms with Gasteiger partial charge >= 0.3 is 0 Å². The number of nitrogens with zero attached hydrogens (tertiary/aromatic N) is 5. The smallest absolute Gasteiger partial charge is 0.232 e. The van der Waals surface area contributed by atoms with Crippen molar-refractivity contribution in [1.82, 2.24) is 19.9 Å². The molecule has 1 saturated carbocycles. The molecule has 1 saturated heterocycles. The molecule has 1 aliphatic carbocycles. The van der Waals surface area contributed by atoms with Crippen molar-refractivity contribution in [3.05, 3.63) is 0 Å². The van der Waals surface area contributed by atoms with Crippen LogP contribution in [0.5, 0.6) is 0 Å². The summed E-state index contributed by atoms with van der Waals surface area (Å²) in [6, 6.07) is 1.05. The molecule has 0 radical (unpaired) electrons. The van der Waals surface area contributed by atoms with Crippen molar-refractivity contribution in [2.24, 2.45) is 0 Å². The minimum atomic E-state index is 0.217. The number of aromatic nitrogens is 3. The van der Waals surface area contributed by atoms with E-state index in [0.29, 0.717) is 18.0 Å². The van der Waals surface area contributed by atoms with Crippen LogP contribution in [0, 0.1) is 0 Å². The Morgan fingerprint density at radius 2 is 1.62 bits per heavy atom. The van der Waals surface area contributed by atoms with Gasteiger partial charge in [-0.2, -0.15) is 15.0 Å². The molecule has 4 N–H and O–H groups in total. The van der Waals surface area contributed by atoms with Gasteiger partial charge in [0, 0.05) is 18.6 Å². The highest BCUT2D eigenvalue weighted by Gasteiger charge is 2.30. The van der Waals surface area contributed by atoms with Crippen molar-refractivity contribution in [2.75, 3.05) is 36.0 Å². The summed E-state index contributed by atoms with van der Waals surface area (Å²) in [5.41, 5.74) is 11.7. The Balaban J connectivity index is 1.84. The van der Waals surface area contributed by atoms with Crippen molar-refractivity contribution in [3.8, 4) is 0 Å². The first-order valence-corrected chi connectivity index (χ1v) is 9.45. The van der Waals surface area contributed by atoms with Crippen molar-refractivity contribution in [2.45, 2.75) is 70.4 Å². The molecule has 1 unspecified atom stereocenters. The molecule has 2 heterocycles. The standard InChI is InChI=1S/C17H31N7/c1-2-23-11-7-10-14(23)12-24(13-8-5-3-4-6-9-13)17-21-15(18)20-16(19)22-17/h13-14H,2-12H2,1H3,(H4,18,19,20,21,22). The molecule has 0 amide bonds. The zero-order valence-corrected chi connectivity index (χ0v) is 14.8. The molecule has 0 bridgehead atoms. The van der Waals surface area contributed by atoms with Crippen LogP contribution in [0.4, 0.5) is 17.8 Å². The quantitative estimate of drug-likeness (QED) is 0.796. The predicted molar refractivity (Wildman–Crippen MR) is 97.8 cm³/mol. The normalized spacial score (nSPS) is 23.3. The van der Waals surface area contributed by atoms with E-state index in [-0.39, 0.29) is 11.9 Å². The number of nitrogens with two attached hydrogens (primary N) is 2. The van der Waals surface area contributed by atoms with Crippen LogP contribution in [0.25, 0.3) is 0 Å². The lowest BCUT2D eigenvalue weighted by atomic mass is 10.1. The lowest BCUT2D eigenvalue weighted by Gasteiger charge is -2.35. The Labute approximate surface area is 144 Å². The molecule has 1 aromatic heterocycles. The van der Waals surface area contributed by atoms with Crippen LogP contribution in [-0.4, -0.2) is 51.6 Å². The third kappa shape index (κ3) is 4.06. The van der Waals surface area contributed by atoms with E-state index in [9.17, 15) is 0 Å². The highest BCUT2D eigenvalue weighted by Crippen LogP contribution is 2.28. The lowest BCUT2D eigenvalue weighted by molar-refractivity contribution is 0.262. The Morgan fingerprint density at radius 1 is 0.958 bits per heavy atom. The summed E-state index contributed by atoms with van der Waals surface area (Å²) >= 11 is 0. The molecule has 0 aromatic carbocycles. The van der Waals surface area contributed by atoms with Gasteiger partial charge in [-0.15, -0.1) is 0 Å². The zero-order chi connectivity index (χ0) is 16.9. The zero-order valence-electron chi connectivity index (χ0n) is 14.8. The Bertz CT molecular complexity index is 507. The number of rotatable bonds is 5. The maximum absolute atomic E-state index is 5.84. The minimum absolute atomic E-state index is 0.217. The minimum Gasteiger partial charge on any atom is -0.368 e. The van der Waals surface area contributed by atoms with Crippen molar-refractivity contribution in [3.63, 3.8) is 0 Å². The van der Waals surface area contributed by atoms with Crippen molar-refractivity contribution >= 4 is 17.8 Å². The van der Waals surface area contributed by atoms with Crippen LogP contribution >= 0.6 is 0 Å². The lowest BCUT2D eigenvalue weighted by Crippen LogP contribution is -2.46. The summed E-state index contributed by atoms with van der Waals surface area (Å²) in [7, 11) is 0. The van der Waals surface area contributed by atoms with Gasteiger partial charge in [-0.3, -0.25) is 4.90 Å². The van der Waals surface area contributed by atoms with Crippen LogP contribution in [0.1, 0.15) is 58.3 Å². The van der Waals surface area contributed by atoms with Gasteiger partial charge in [0.05, 0.1) is 0 Å². The molecule has 7 nitrogen and oxygen atoms in total. The van der Waals surface area contributed by atoms with Crippen molar-refractivity contribution < 1.29 is 0 Å². The van der Waals surface area contributed by atoms with Crippen LogP contribution in [0.2, 0.25) is 0 Å². The highest BCUT2D eigenvalue weighted by molar-refractivity contribution is 5.41. The summed E-state index contributed by atoms with van der Waals surface area (Å²) in [6.45, 7) is 5.50. The molecule has 24 heavy (non-hydrogen) atoms. The van der Waals surface area contributed by atoms with Crippen molar-refractivity contribution in [1.29, 1.82) is 0 Å². The second kappa shape index (κ2) is 7.96. The molecule has 2 aliphatic rings. The molecule has 0 spiro atoms. The van der Waals surface area contributed by atoms with E-state index in [1.807, 2.05) is 0 Å². The van der Waals surface area contributed by atoms with E-state index in [0.717, 1.165) is 13.1 Å². The van der Waals surface area contributed by atoms with E-state index >= 15 is 0 Å². The molecule has 134 valence electrons. The molecule has 1 atom stereocenters. The molecular weight excluding hydrogens is 302 g/mol. The van der Waals surface area contributed by atoms with E-state index < -0.39 is 0 Å². The monoisotopic (exact) mass is 333 g/mol. The molecular formula is C17H31N7. The van der Waals surface area contributed by atoms with Crippen LogP contribution in [0.15, 0.2) is 0 Å². The first-order valence-electron chi connectivity index (χ1n) is 9.45. The first-order chi connectivity index (χ1) is 11.7. The number of likely N-dealkylation sites (N-methyl/N-ethyl adjacent to an activating group) is 1. The SMILES string of the molecule is CCN1CCCC1CN(c1nc(N)nc(N)n1)C1CCCCCC1. The van der Waals surface area contributed by atoms with E-state index in [2.05, 4.69) is 31.7 Å². The summed E-state index contributed by atoms with van der Waals surface area (Å²) in [6.07, 6.45) is 10.1. The first kappa shape index (κ1) is 17.2. The van der Waals surface area contributed by atoms with Crippen LogP contribution < -0.4 is 16.4 Å². The second-order valence-corrected chi connectivity index (χ2v) is 7.07. The third-order valence-corrected chi connectivity index (χ3v) is 5.49. The summed E-state index contributed by atoms with van der Waals surface area (Å²) in [5.74, 6) is 1.10. The fourth-order valence-corrected chi connectivity index (χ4v) is 4.23. The third-order valence-electron chi connectivity index (χ3n) is 5.49. The number of likely N-dealkylation sites (tertiary alicyclic amines) is 1. The number of hydrogen-bond acceptors (Lipinski definition) is 7. The summed E-state index contributed by atoms with van der Waals surface area (Å²) in [5, 5.41) is 0. The number of hydrogen-bond donors (Lipinski definition) is 2. The number of anilines is 3. The van der Waals surface area contributed by atoms with Gasteiger partial charge in [-0.25, -0.2) is 0 Å². The Kier molecular flexibility index (Phi) is 5.71. The molecule has 2 fully saturated rings. The van der Waals surface area contributed by atoms with Gasteiger partial charge in [0.2, 0.25) is 17.8 Å². The predicted octanol–water partition coefficient (Wildman–Crippen LogP) is 2.05. The van der Waals surface area contributed by atoms with Gasteiger partial charge in [-0.05, 0) is 38.8 Å². The molecule has 7 heteroatoms. The van der Waals surface area contributed by atoms with Gasteiger partial charge < -0.3 is 16.4 Å². The molecule has 3 rings (SSSR count). The Morgan fingerprint density at radius 3 is 2.25 bits per heavy atom. The highest BCUT2D eigenvalue weighted by atomic mass is 15.3. The average molecular weight is 333 g/mol. The largest absolute Gasteiger partial charge is 0.368 e. The summed E-state index contributed by atoms with van der Waals surface area (Å²) in [4.78, 5) is 17.7. The molecule has 1 aliphatic heterocycles. The second-order valence-electron chi connectivity index (χ2n) is 7.07. The van der Waals surface area contributed by atoms with Gasteiger partial charge in [0.15, 0.2) is 0 Å². The van der Waals surface area contributed by atoms with Crippen LogP contribution in [0.3, 0.4) is 0 Å². The summed E-state index contributed by atoms with van der Waals surface area (Å²) < 4.78 is 0. The number of nitrogen functional groups attached to an aromatic ring is 2. The van der Waals surface area contributed by atoms with E-state index in [1.54, 1.807) is 0 Å². The molecule has 1 aromatic rings. The maximum Gasteiger partial charge on any atom is 0.232 e. The van der Waals surface area contributed by atoms with Crippen LogP contribution in [-0.2, 0) is 0 Å². The average Bonchev–Trinajstić information content (AvgIpc) is 2.83. The fraction of sp³-hybridized carbons (Fsp3) is 0.824. The van der Waals surface area contributed by atoms with E-state index in [4.69, 9.17) is 11.5 Å². The Hall–Kier alpha value is -1.63. The van der Waals surface area contributed by atoms with Gasteiger partial charge in [0.25, 0.3) is 0 Å². The van der Waals surface area contributed by atoms with Gasteiger partial charge in [0.1, 0.15) is 0 Å². The fourth-order valence-electron chi connectivity index (χ4n) is 4.23.